The molecule has 9 aromatic rings. The largest absolute Gasteiger partial charge is 0.311 e. The summed E-state index contributed by atoms with van der Waals surface area (Å²) in [5, 5.41) is 5.08. The van der Waals surface area contributed by atoms with Gasteiger partial charge in [0.2, 0.25) is 0 Å². The molecule has 1 heteroatoms. The molecular weight excluding hydrogens is 687 g/mol. The van der Waals surface area contributed by atoms with Gasteiger partial charge in [-0.25, -0.2) is 0 Å². The summed E-state index contributed by atoms with van der Waals surface area (Å²) in [5.41, 5.74) is 13.0. The fraction of sp³-hybridized carbons (Fsp3) is 0.0357. The van der Waals surface area contributed by atoms with Crippen LogP contribution in [0.4, 0.5) is 17.1 Å². The van der Waals surface area contributed by atoms with E-state index in [1.54, 1.807) is 0 Å². The van der Waals surface area contributed by atoms with Gasteiger partial charge in [-0.2, -0.15) is 0 Å². The van der Waals surface area contributed by atoms with Gasteiger partial charge >= 0.3 is 0 Å². The molecule has 0 spiro atoms. The van der Waals surface area contributed by atoms with Crippen molar-refractivity contribution in [1.82, 2.24) is 0 Å². The third kappa shape index (κ3) is 6.54. The average Bonchev–Trinajstić information content (AvgIpc) is 3.30. The van der Waals surface area contributed by atoms with Crippen LogP contribution in [-0.2, 0) is 5.41 Å². The molecule has 0 fully saturated rings. The number of allylic oxidation sites excluding steroid dienone is 4. The van der Waals surface area contributed by atoms with E-state index in [2.05, 4.69) is 242 Å². The SMILES string of the molecule is C1=CC(c2ccccc2)(c2cccc3ccccc23)CC=C1c1ccc(N(c2ccc(-c3ccccc3)cc2)c2ccc(-c3ccc4ccccc4c3)cc2)cc1. The molecule has 0 bridgehead atoms. The Bertz CT molecular complexity index is 2880. The number of fused-ring (bicyclic) bond motifs is 2. The van der Waals surface area contributed by atoms with E-state index in [0.29, 0.717) is 0 Å². The van der Waals surface area contributed by atoms with Crippen molar-refractivity contribution in [2.24, 2.45) is 0 Å². The van der Waals surface area contributed by atoms with Crippen molar-refractivity contribution in [2.75, 3.05) is 4.90 Å². The first-order valence-electron chi connectivity index (χ1n) is 19.8. The van der Waals surface area contributed by atoms with Crippen LogP contribution >= 0.6 is 0 Å². The van der Waals surface area contributed by atoms with E-state index < -0.39 is 0 Å². The molecule has 57 heavy (non-hydrogen) atoms. The topological polar surface area (TPSA) is 3.24 Å². The zero-order valence-corrected chi connectivity index (χ0v) is 31.7. The molecule has 0 saturated heterocycles. The minimum Gasteiger partial charge on any atom is -0.311 e. The lowest BCUT2D eigenvalue weighted by Crippen LogP contribution is -2.26. The predicted molar refractivity (Wildman–Crippen MR) is 242 cm³/mol. The fourth-order valence-corrected chi connectivity index (χ4v) is 8.63. The monoisotopic (exact) mass is 727 g/mol. The third-order valence-electron chi connectivity index (χ3n) is 11.7. The fourth-order valence-electron chi connectivity index (χ4n) is 8.63. The molecule has 1 nitrogen and oxygen atoms in total. The van der Waals surface area contributed by atoms with Gasteiger partial charge in [-0.1, -0.05) is 194 Å². The van der Waals surface area contributed by atoms with E-state index >= 15 is 0 Å². The number of benzene rings is 9. The smallest absolute Gasteiger partial charge is 0.0462 e. The second-order valence-corrected chi connectivity index (χ2v) is 15.0. The minimum atomic E-state index is -0.257. The molecule has 0 aromatic heterocycles. The van der Waals surface area contributed by atoms with Gasteiger partial charge in [0.1, 0.15) is 0 Å². The van der Waals surface area contributed by atoms with Crippen LogP contribution in [0.25, 0.3) is 49.4 Å². The van der Waals surface area contributed by atoms with Gasteiger partial charge in [0.15, 0.2) is 0 Å². The number of nitrogens with zero attached hydrogens (tertiary/aromatic N) is 1. The van der Waals surface area contributed by atoms with Crippen LogP contribution in [0.1, 0.15) is 23.1 Å². The van der Waals surface area contributed by atoms with Gasteiger partial charge in [-0.05, 0) is 115 Å². The van der Waals surface area contributed by atoms with E-state index in [4.69, 9.17) is 0 Å². The van der Waals surface area contributed by atoms with Crippen LogP contribution in [0.3, 0.4) is 0 Å². The van der Waals surface area contributed by atoms with Crippen molar-refractivity contribution >= 4 is 44.2 Å². The van der Waals surface area contributed by atoms with Crippen LogP contribution in [0.2, 0.25) is 0 Å². The molecule has 0 radical (unpaired) electrons. The van der Waals surface area contributed by atoms with Gasteiger partial charge in [-0.15, -0.1) is 0 Å². The molecule has 9 aromatic carbocycles. The highest BCUT2D eigenvalue weighted by Gasteiger charge is 2.34. The Morgan fingerprint density at radius 1 is 0.368 bits per heavy atom. The molecule has 1 unspecified atom stereocenters. The number of hydrogen-bond donors (Lipinski definition) is 0. The van der Waals surface area contributed by atoms with Crippen LogP contribution in [0.15, 0.2) is 237 Å². The van der Waals surface area contributed by atoms with Crippen LogP contribution < -0.4 is 4.90 Å². The van der Waals surface area contributed by atoms with E-state index in [9.17, 15) is 0 Å². The summed E-state index contributed by atoms with van der Waals surface area (Å²) < 4.78 is 0. The minimum absolute atomic E-state index is 0.257. The Labute approximate surface area is 335 Å². The molecule has 0 N–H and O–H groups in total. The molecule has 0 amide bonds. The van der Waals surface area contributed by atoms with Crippen molar-refractivity contribution in [1.29, 1.82) is 0 Å². The Morgan fingerprint density at radius 3 is 1.53 bits per heavy atom. The van der Waals surface area contributed by atoms with Crippen molar-refractivity contribution in [2.45, 2.75) is 11.8 Å². The normalized spacial score (nSPS) is 15.1. The maximum Gasteiger partial charge on any atom is 0.0462 e. The summed E-state index contributed by atoms with van der Waals surface area (Å²) in [6, 6.07) is 79.2. The van der Waals surface area contributed by atoms with Crippen LogP contribution in [-0.4, -0.2) is 0 Å². The first-order chi connectivity index (χ1) is 28.2. The number of rotatable bonds is 8. The lowest BCUT2D eigenvalue weighted by Gasteiger charge is -2.35. The maximum atomic E-state index is 2.44. The van der Waals surface area contributed by atoms with Gasteiger partial charge in [-0.3, -0.25) is 0 Å². The zero-order chi connectivity index (χ0) is 38.0. The molecule has 10 rings (SSSR count). The zero-order valence-electron chi connectivity index (χ0n) is 31.7. The molecule has 0 heterocycles. The van der Waals surface area contributed by atoms with Gasteiger partial charge in [0, 0.05) is 22.5 Å². The summed E-state index contributed by atoms with van der Waals surface area (Å²) in [5.74, 6) is 0. The standard InChI is InChI=1S/C56H41N/c1-3-12-41(13-4-1)43-24-30-51(31-25-43)57(53-34-28-45(29-35-53)49-23-22-42-14-7-8-16-48(42)40-49)52-32-26-44(27-33-52)46-36-38-56(39-37-46,50-18-5-2-6-19-50)55-21-11-17-47-15-9-10-20-54(47)55/h1-38,40H,39H2. The molecule has 0 aliphatic heterocycles. The van der Waals surface area contributed by atoms with Crippen molar-refractivity contribution in [3.05, 3.63) is 253 Å². The molecule has 270 valence electrons. The lowest BCUT2D eigenvalue weighted by atomic mass is 9.68. The average molecular weight is 728 g/mol. The summed E-state index contributed by atoms with van der Waals surface area (Å²) in [6.07, 6.45) is 8.07. The summed E-state index contributed by atoms with van der Waals surface area (Å²) >= 11 is 0. The van der Waals surface area contributed by atoms with Gasteiger partial charge < -0.3 is 4.90 Å². The highest BCUT2D eigenvalue weighted by atomic mass is 15.1. The molecule has 1 atom stereocenters. The quantitative estimate of drug-likeness (QED) is 0.151. The second-order valence-electron chi connectivity index (χ2n) is 15.0. The Kier molecular flexibility index (Phi) is 8.89. The molecular formula is C56H41N. The number of anilines is 3. The number of hydrogen-bond acceptors (Lipinski definition) is 1. The second kappa shape index (κ2) is 14.8. The third-order valence-corrected chi connectivity index (χ3v) is 11.7. The van der Waals surface area contributed by atoms with Crippen molar-refractivity contribution in [3.8, 4) is 22.3 Å². The Hall–Kier alpha value is -7.22. The van der Waals surface area contributed by atoms with Crippen molar-refractivity contribution in [3.63, 3.8) is 0 Å². The Balaban J connectivity index is 0.990. The van der Waals surface area contributed by atoms with Gasteiger partial charge in [0.25, 0.3) is 0 Å². The first-order valence-corrected chi connectivity index (χ1v) is 19.8. The van der Waals surface area contributed by atoms with E-state index in [1.807, 2.05) is 0 Å². The highest BCUT2D eigenvalue weighted by Crippen LogP contribution is 2.45. The predicted octanol–water partition coefficient (Wildman–Crippen LogP) is 15.1. The molecule has 1 aliphatic carbocycles. The van der Waals surface area contributed by atoms with E-state index in [1.165, 1.54) is 66.1 Å². The van der Waals surface area contributed by atoms with Gasteiger partial charge in [0.05, 0.1) is 0 Å². The first kappa shape index (κ1) is 34.3. The maximum absolute atomic E-state index is 2.44. The Morgan fingerprint density at radius 2 is 0.877 bits per heavy atom. The van der Waals surface area contributed by atoms with Crippen LogP contribution in [0.5, 0.6) is 0 Å². The summed E-state index contributed by atoms with van der Waals surface area (Å²) in [6.45, 7) is 0. The van der Waals surface area contributed by atoms with Crippen molar-refractivity contribution < 1.29 is 0 Å². The summed E-state index contributed by atoms with van der Waals surface area (Å²) in [4.78, 5) is 2.36. The van der Waals surface area contributed by atoms with Crippen LogP contribution in [0, 0.1) is 0 Å². The molecule has 1 aliphatic rings. The lowest BCUT2D eigenvalue weighted by molar-refractivity contribution is 0.655. The van der Waals surface area contributed by atoms with E-state index in [0.717, 1.165) is 23.5 Å². The highest BCUT2D eigenvalue weighted by molar-refractivity contribution is 5.90. The van der Waals surface area contributed by atoms with E-state index in [-0.39, 0.29) is 5.41 Å². The summed E-state index contributed by atoms with van der Waals surface area (Å²) in [7, 11) is 0. The molecule has 0 saturated carbocycles.